The fourth-order valence-electron chi connectivity index (χ4n) is 2.76. The van der Waals surface area contributed by atoms with Crippen LogP contribution in [0.2, 0.25) is 0 Å². The van der Waals surface area contributed by atoms with Crippen molar-refractivity contribution in [1.82, 2.24) is 0 Å². The molecule has 15 heavy (non-hydrogen) atoms. The van der Waals surface area contributed by atoms with Crippen molar-refractivity contribution in [3.05, 3.63) is 35.4 Å². The van der Waals surface area contributed by atoms with Gasteiger partial charge in [0, 0.05) is 6.42 Å². The zero-order chi connectivity index (χ0) is 10.3. The van der Waals surface area contributed by atoms with Gasteiger partial charge in [0.15, 0.2) is 0 Å². The minimum absolute atomic E-state index is 0.0173. The van der Waals surface area contributed by atoms with Gasteiger partial charge in [0.05, 0.1) is 18.6 Å². The average Bonchev–Trinajstić information content (AvgIpc) is 2.29. The molecule has 1 aliphatic carbocycles. The van der Waals surface area contributed by atoms with Crippen LogP contribution in [0.15, 0.2) is 24.3 Å². The van der Waals surface area contributed by atoms with Crippen molar-refractivity contribution in [1.29, 1.82) is 0 Å². The van der Waals surface area contributed by atoms with Gasteiger partial charge in [-0.2, -0.15) is 0 Å². The van der Waals surface area contributed by atoms with E-state index in [4.69, 9.17) is 4.74 Å². The van der Waals surface area contributed by atoms with Crippen molar-refractivity contribution in [2.75, 3.05) is 6.61 Å². The molecule has 1 aromatic carbocycles. The Kier molecular flexibility index (Phi) is 2.10. The molecule has 0 radical (unpaired) electrons. The summed E-state index contributed by atoms with van der Waals surface area (Å²) in [5.41, 5.74) is 2.54. The van der Waals surface area contributed by atoms with Gasteiger partial charge in [-0.05, 0) is 24.0 Å². The highest BCUT2D eigenvalue weighted by atomic mass is 16.5. The predicted molar refractivity (Wildman–Crippen MR) is 56.9 cm³/mol. The Morgan fingerprint density at radius 3 is 3.00 bits per heavy atom. The van der Waals surface area contributed by atoms with Crippen LogP contribution in [0.25, 0.3) is 0 Å². The molecule has 1 saturated heterocycles. The van der Waals surface area contributed by atoms with E-state index < -0.39 is 0 Å². The Morgan fingerprint density at radius 2 is 2.07 bits per heavy atom. The van der Waals surface area contributed by atoms with Gasteiger partial charge < -0.3 is 4.74 Å². The highest BCUT2D eigenvalue weighted by molar-refractivity contribution is 5.87. The van der Waals surface area contributed by atoms with E-state index in [0.29, 0.717) is 18.8 Å². The molecule has 2 unspecified atom stereocenters. The van der Waals surface area contributed by atoms with Gasteiger partial charge >= 0.3 is 0 Å². The van der Waals surface area contributed by atoms with Crippen LogP contribution in [-0.4, -0.2) is 18.5 Å². The maximum absolute atomic E-state index is 11.9. The summed E-state index contributed by atoms with van der Waals surface area (Å²) in [4.78, 5) is 11.9. The first kappa shape index (κ1) is 9.10. The first-order valence-electron chi connectivity index (χ1n) is 5.58. The van der Waals surface area contributed by atoms with E-state index >= 15 is 0 Å². The molecule has 2 nitrogen and oxygen atoms in total. The topological polar surface area (TPSA) is 26.3 Å². The summed E-state index contributed by atoms with van der Waals surface area (Å²) in [5.74, 6) is 0.377. The second-order valence-corrected chi connectivity index (χ2v) is 4.34. The Balaban J connectivity index is 2.06. The lowest BCUT2D eigenvalue weighted by molar-refractivity contribution is -0.132. The molecule has 2 heteroatoms. The van der Waals surface area contributed by atoms with E-state index in [1.165, 1.54) is 11.1 Å². The zero-order valence-corrected chi connectivity index (χ0v) is 8.61. The zero-order valence-electron chi connectivity index (χ0n) is 8.61. The van der Waals surface area contributed by atoms with Gasteiger partial charge in [0.1, 0.15) is 5.78 Å². The molecular weight excluding hydrogens is 188 g/mol. The third kappa shape index (κ3) is 1.40. The quantitative estimate of drug-likeness (QED) is 0.643. The molecule has 0 aromatic heterocycles. The fraction of sp³-hybridized carbons (Fsp3) is 0.462. The van der Waals surface area contributed by atoms with Crippen molar-refractivity contribution < 1.29 is 9.53 Å². The number of aryl methyl sites for hydroxylation is 1. The number of hydrogen-bond acceptors (Lipinski definition) is 2. The molecule has 1 aliphatic heterocycles. The second-order valence-electron chi connectivity index (χ2n) is 4.34. The van der Waals surface area contributed by atoms with Crippen molar-refractivity contribution in [3.63, 3.8) is 0 Å². The lowest BCUT2D eigenvalue weighted by Gasteiger charge is -2.35. The molecule has 0 saturated carbocycles. The van der Waals surface area contributed by atoms with Crippen molar-refractivity contribution in [2.24, 2.45) is 0 Å². The molecule has 78 valence electrons. The van der Waals surface area contributed by atoms with Gasteiger partial charge in [-0.3, -0.25) is 4.79 Å². The van der Waals surface area contributed by atoms with Crippen LogP contribution < -0.4 is 0 Å². The standard InChI is InChI=1S/C13H14O2/c14-11-7-8-15-12-6-5-9-3-1-2-4-10(9)13(11)12/h1-4,12-13H,5-8H2. The van der Waals surface area contributed by atoms with E-state index in [2.05, 4.69) is 12.1 Å². The largest absolute Gasteiger partial charge is 0.377 e. The van der Waals surface area contributed by atoms with Crippen LogP contribution in [0.1, 0.15) is 29.9 Å². The highest BCUT2D eigenvalue weighted by Gasteiger charge is 2.37. The third-order valence-electron chi connectivity index (χ3n) is 3.49. The number of carbonyl (C=O) groups is 1. The molecule has 1 heterocycles. The highest BCUT2D eigenvalue weighted by Crippen LogP contribution is 2.37. The number of carbonyl (C=O) groups excluding carboxylic acids is 1. The molecular formula is C13H14O2. The monoisotopic (exact) mass is 202 g/mol. The van der Waals surface area contributed by atoms with Crippen LogP contribution in [0.4, 0.5) is 0 Å². The number of ether oxygens (including phenoxy) is 1. The van der Waals surface area contributed by atoms with Crippen LogP contribution in [-0.2, 0) is 16.0 Å². The van der Waals surface area contributed by atoms with E-state index in [1.807, 2.05) is 12.1 Å². The summed E-state index contributed by atoms with van der Waals surface area (Å²) >= 11 is 0. The molecule has 3 rings (SSSR count). The average molecular weight is 202 g/mol. The first-order valence-corrected chi connectivity index (χ1v) is 5.58. The molecule has 0 spiro atoms. The van der Waals surface area contributed by atoms with Gasteiger partial charge in [-0.1, -0.05) is 24.3 Å². The first-order chi connectivity index (χ1) is 7.36. The Hall–Kier alpha value is -1.15. The summed E-state index contributed by atoms with van der Waals surface area (Å²) in [6.45, 7) is 0.613. The van der Waals surface area contributed by atoms with Crippen LogP contribution in [0, 0.1) is 0 Å². The summed E-state index contributed by atoms with van der Waals surface area (Å²) in [6.07, 6.45) is 2.76. The minimum Gasteiger partial charge on any atom is -0.377 e. The normalized spacial score (nSPS) is 29.5. The Bertz CT molecular complexity index is 397. The molecule has 2 atom stereocenters. The number of Topliss-reactive ketones (excluding diaryl/α,β-unsaturated/α-hetero) is 1. The van der Waals surface area contributed by atoms with Crippen molar-refractivity contribution in [2.45, 2.75) is 31.3 Å². The predicted octanol–water partition coefficient (Wildman–Crippen LogP) is 2.07. The molecule has 0 amide bonds. The maximum atomic E-state index is 11.9. The summed E-state index contributed by atoms with van der Waals surface area (Å²) in [6, 6.07) is 8.28. The third-order valence-corrected chi connectivity index (χ3v) is 3.49. The van der Waals surface area contributed by atoms with Crippen LogP contribution >= 0.6 is 0 Å². The van der Waals surface area contributed by atoms with Crippen molar-refractivity contribution in [3.8, 4) is 0 Å². The molecule has 1 fully saturated rings. The van der Waals surface area contributed by atoms with E-state index in [-0.39, 0.29) is 12.0 Å². The molecule has 0 bridgehead atoms. The maximum Gasteiger partial charge on any atom is 0.145 e. The van der Waals surface area contributed by atoms with Gasteiger partial charge in [-0.25, -0.2) is 0 Å². The van der Waals surface area contributed by atoms with Gasteiger partial charge in [-0.15, -0.1) is 0 Å². The lowest BCUT2D eigenvalue weighted by atomic mass is 9.76. The molecule has 0 N–H and O–H groups in total. The second kappa shape index (κ2) is 3.46. The number of rotatable bonds is 0. The summed E-state index contributed by atoms with van der Waals surface area (Å²) in [7, 11) is 0. The number of ketones is 1. The number of fused-ring (bicyclic) bond motifs is 3. The summed E-state index contributed by atoms with van der Waals surface area (Å²) in [5, 5.41) is 0. The Morgan fingerprint density at radius 1 is 1.20 bits per heavy atom. The van der Waals surface area contributed by atoms with Crippen LogP contribution in [0.5, 0.6) is 0 Å². The minimum atomic E-state index is 0.0173. The lowest BCUT2D eigenvalue weighted by Crippen LogP contribution is -2.38. The fourth-order valence-corrected chi connectivity index (χ4v) is 2.76. The number of benzene rings is 1. The Labute approximate surface area is 89.2 Å². The van der Waals surface area contributed by atoms with Crippen molar-refractivity contribution >= 4 is 5.78 Å². The summed E-state index contributed by atoms with van der Waals surface area (Å²) < 4.78 is 5.69. The molecule has 2 aliphatic rings. The van der Waals surface area contributed by atoms with Gasteiger partial charge in [0.25, 0.3) is 0 Å². The van der Waals surface area contributed by atoms with E-state index in [0.717, 1.165) is 12.8 Å². The van der Waals surface area contributed by atoms with E-state index in [9.17, 15) is 4.79 Å². The SMILES string of the molecule is O=C1CCOC2CCc3ccccc3C12. The smallest absolute Gasteiger partial charge is 0.145 e. The van der Waals surface area contributed by atoms with Gasteiger partial charge in [0.2, 0.25) is 0 Å². The van der Waals surface area contributed by atoms with Crippen LogP contribution in [0.3, 0.4) is 0 Å². The number of hydrogen-bond donors (Lipinski definition) is 0. The molecule has 1 aromatic rings. The van der Waals surface area contributed by atoms with E-state index in [1.54, 1.807) is 0 Å².